The first-order chi connectivity index (χ1) is 8.75. The molecule has 0 spiro atoms. The van der Waals surface area contributed by atoms with E-state index < -0.39 is 5.54 Å². The zero-order valence-electron chi connectivity index (χ0n) is 12.7. The normalized spacial score (nSPS) is 35.7. The second-order valence-corrected chi connectivity index (χ2v) is 7.06. The lowest BCUT2D eigenvalue weighted by Crippen LogP contribution is -2.76. The number of amides is 1. The molecule has 2 aliphatic rings. The Kier molecular flexibility index (Phi) is 3.69. The van der Waals surface area contributed by atoms with Crippen LogP contribution < -0.4 is 11.1 Å². The molecule has 3 N–H and O–H groups in total. The van der Waals surface area contributed by atoms with Gasteiger partial charge < -0.3 is 15.8 Å². The molecule has 4 nitrogen and oxygen atoms in total. The van der Waals surface area contributed by atoms with E-state index in [0.717, 1.165) is 12.8 Å². The Morgan fingerprint density at radius 1 is 1.32 bits per heavy atom. The van der Waals surface area contributed by atoms with E-state index in [1.165, 1.54) is 12.8 Å². The Morgan fingerprint density at radius 2 is 1.89 bits per heavy atom. The standard InChI is InChI=1S/C15H28N2O2/c1-5-19-11-10-15(16,13(11,2)3)12(18)17-14(4)8-6-7-9-14/h11H,5-10,16H2,1-4H3,(H,17,18). The van der Waals surface area contributed by atoms with Crippen molar-refractivity contribution in [2.45, 2.75) is 77.0 Å². The van der Waals surface area contributed by atoms with Crippen LogP contribution in [0, 0.1) is 5.41 Å². The lowest BCUT2D eigenvalue weighted by molar-refractivity contribution is -0.172. The molecule has 2 unspecified atom stereocenters. The van der Waals surface area contributed by atoms with Gasteiger partial charge in [-0.05, 0) is 26.7 Å². The van der Waals surface area contributed by atoms with Crippen LogP contribution in [0.15, 0.2) is 0 Å². The highest BCUT2D eigenvalue weighted by atomic mass is 16.5. The second kappa shape index (κ2) is 4.74. The van der Waals surface area contributed by atoms with E-state index in [0.29, 0.717) is 13.0 Å². The van der Waals surface area contributed by atoms with Gasteiger partial charge in [-0.2, -0.15) is 0 Å². The SMILES string of the molecule is CCOC1CC(N)(C(=O)NC2(C)CCCC2)C1(C)C. The summed E-state index contributed by atoms with van der Waals surface area (Å²) in [5.74, 6) is -0.00199. The third-order valence-corrected chi connectivity index (χ3v) is 5.36. The average Bonchev–Trinajstić information content (AvgIpc) is 2.75. The molecule has 19 heavy (non-hydrogen) atoms. The summed E-state index contributed by atoms with van der Waals surface area (Å²) in [7, 11) is 0. The molecule has 0 aromatic heterocycles. The summed E-state index contributed by atoms with van der Waals surface area (Å²) in [5.41, 5.74) is 5.23. The number of carbonyl (C=O) groups is 1. The number of ether oxygens (including phenoxy) is 1. The zero-order chi connectivity index (χ0) is 14.3. The maximum Gasteiger partial charge on any atom is 0.241 e. The van der Waals surface area contributed by atoms with Crippen LogP contribution in [0.4, 0.5) is 0 Å². The Morgan fingerprint density at radius 3 is 2.37 bits per heavy atom. The van der Waals surface area contributed by atoms with Crippen molar-refractivity contribution in [1.82, 2.24) is 5.32 Å². The second-order valence-electron chi connectivity index (χ2n) is 7.06. The van der Waals surface area contributed by atoms with Crippen molar-refractivity contribution < 1.29 is 9.53 Å². The molecule has 2 saturated carbocycles. The van der Waals surface area contributed by atoms with Crippen molar-refractivity contribution in [3.05, 3.63) is 0 Å². The number of carbonyl (C=O) groups excluding carboxylic acids is 1. The van der Waals surface area contributed by atoms with Crippen LogP contribution in [0.1, 0.15) is 59.8 Å². The molecule has 4 heteroatoms. The first-order valence-electron chi connectivity index (χ1n) is 7.48. The van der Waals surface area contributed by atoms with Gasteiger partial charge in [0.2, 0.25) is 5.91 Å². The minimum atomic E-state index is -0.793. The fourth-order valence-electron chi connectivity index (χ4n) is 3.49. The van der Waals surface area contributed by atoms with Gasteiger partial charge in [0.1, 0.15) is 5.54 Å². The van der Waals surface area contributed by atoms with Crippen LogP contribution in [0.3, 0.4) is 0 Å². The number of hydrogen-bond donors (Lipinski definition) is 2. The fourth-order valence-corrected chi connectivity index (χ4v) is 3.49. The van der Waals surface area contributed by atoms with Crippen LogP contribution in [0.5, 0.6) is 0 Å². The van der Waals surface area contributed by atoms with Gasteiger partial charge in [-0.3, -0.25) is 4.79 Å². The largest absolute Gasteiger partial charge is 0.378 e. The molecule has 0 aliphatic heterocycles. The van der Waals surface area contributed by atoms with Crippen molar-refractivity contribution in [3.63, 3.8) is 0 Å². The lowest BCUT2D eigenvalue weighted by Gasteiger charge is -2.58. The number of hydrogen-bond acceptors (Lipinski definition) is 3. The van der Waals surface area contributed by atoms with Crippen LogP contribution in [-0.2, 0) is 9.53 Å². The highest BCUT2D eigenvalue weighted by Gasteiger charge is 2.63. The van der Waals surface area contributed by atoms with Crippen molar-refractivity contribution in [2.75, 3.05) is 6.61 Å². The molecule has 0 bridgehead atoms. The summed E-state index contributed by atoms with van der Waals surface area (Å²) in [4.78, 5) is 12.6. The Labute approximate surface area is 116 Å². The maximum atomic E-state index is 12.6. The summed E-state index contributed by atoms with van der Waals surface area (Å²) in [6.07, 6.45) is 5.22. The van der Waals surface area contributed by atoms with Crippen LogP contribution in [0.2, 0.25) is 0 Å². The fraction of sp³-hybridized carbons (Fsp3) is 0.933. The summed E-state index contributed by atoms with van der Waals surface area (Å²) in [5, 5.41) is 3.20. The Hall–Kier alpha value is -0.610. The molecule has 110 valence electrons. The quantitative estimate of drug-likeness (QED) is 0.819. The summed E-state index contributed by atoms with van der Waals surface area (Å²) in [6.45, 7) is 8.85. The van der Waals surface area contributed by atoms with Crippen molar-refractivity contribution in [1.29, 1.82) is 0 Å². The monoisotopic (exact) mass is 268 g/mol. The first kappa shape index (κ1) is 14.8. The minimum absolute atomic E-state index is 0.00199. The Bertz CT molecular complexity index is 361. The molecular weight excluding hydrogens is 240 g/mol. The lowest BCUT2D eigenvalue weighted by atomic mass is 9.54. The van der Waals surface area contributed by atoms with Gasteiger partial charge in [-0.25, -0.2) is 0 Å². The number of nitrogens with one attached hydrogen (secondary N) is 1. The van der Waals surface area contributed by atoms with E-state index >= 15 is 0 Å². The summed E-state index contributed by atoms with van der Waals surface area (Å²) >= 11 is 0. The van der Waals surface area contributed by atoms with E-state index in [1.807, 2.05) is 20.8 Å². The third-order valence-electron chi connectivity index (χ3n) is 5.36. The van der Waals surface area contributed by atoms with Crippen LogP contribution in [-0.4, -0.2) is 29.7 Å². The number of rotatable bonds is 4. The van der Waals surface area contributed by atoms with E-state index in [-0.39, 0.29) is 23.0 Å². The maximum absolute atomic E-state index is 12.6. The topological polar surface area (TPSA) is 64.3 Å². The van der Waals surface area contributed by atoms with Crippen molar-refractivity contribution in [2.24, 2.45) is 11.1 Å². The molecule has 0 saturated heterocycles. The van der Waals surface area contributed by atoms with Crippen LogP contribution in [0.25, 0.3) is 0 Å². The molecule has 0 aromatic carbocycles. The molecule has 2 rings (SSSR count). The average molecular weight is 268 g/mol. The van der Waals surface area contributed by atoms with E-state index in [1.54, 1.807) is 0 Å². The van der Waals surface area contributed by atoms with E-state index in [4.69, 9.17) is 10.5 Å². The molecule has 0 heterocycles. The molecule has 0 aromatic rings. The van der Waals surface area contributed by atoms with Gasteiger partial charge in [-0.1, -0.05) is 26.7 Å². The summed E-state index contributed by atoms with van der Waals surface area (Å²) < 4.78 is 5.67. The predicted molar refractivity (Wildman–Crippen MR) is 75.7 cm³/mol. The molecule has 0 radical (unpaired) electrons. The Balaban J connectivity index is 2.03. The molecular formula is C15H28N2O2. The first-order valence-corrected chi connectivity index (χ1v) is 7.48. The van der Waals surface area contributed by atoms with Gasteiger partial charge in [0.25, 0.3) is 0 Å². The van der Waals surface area contributed by atoms with Crippen molar-refractivity contribution in [3.8, 4) is 0 Å². The van der Waals surface area contributed by atoms with Gasteiger partial charge in [-0.15, -0.1) is 0 Å². The van der Waals surface area contributed by atoms with Gasteiger partial charge in [0.15, 0.2) is 0 Å². The van der Waals surface area contributed by atoms with Gasteiger partial charge in [0, 0.05) is 24.0 Å². The smallest absolute Gasteiger partial charge is 0.241 e. The minimum Gasteiger partial charge on any atom is -0.378 e. The predicted octanol–water partition coefficient (Wildman–Crippen LogP) is 1.97. The molecule has 2 aliphatic carbocycles. The van der Waals surface area contributed by atoms with Gasteiger partial charge in [0.05, 0.1) is 6.10 Å². The molecule has 2 atom stereocenters. The van der Waals surface area contributed by atoms with E-state index in [2.05, 4.69) is 12.2 Å². The third kappa shape index (κ3) is 2.29. The summed E-state index contributed by atoms with van der Waals surface area (Å²) in [6, 6.07) is 0. The van der Waals surface area contributed by atoms with Crippen LogP contribution >= 0.6 is 0 Å². The van der Waals surface area contributed by atoms with Crippen molar-refractivity contribution >= 4 is 5.91 Å². The molecule has 2 fully saturated rings. The van der Waals surface area contributed by atoms with Gasteiger partial charge >= 0.3 is 0 Å². The highest BCUT2D eigenvalue weighted by Crippen LogP contribution is 2.50. The number of nitrogens with two attached hydrogens (primary N) is 1. The zero-order valence-corrected chi connectivity index (χ0v) is 12.7. The highest BCUT2D eigenvalue weighted by molar-refractivity contribution is 5.89. The van der Waals surface area contributed by atoms with E-state index in [9.17, 15) is 4.79 Å². The molecule has 1 amide bonds.